The van der Waals surface area contributed by atoms with Crippen LogP contribution in [0.25, 0.3) is 5.76 Å². The van der Waals surface area contributed by atoms with Crippen molar-refractivity contribution in [2.24, 2.45) is 0 Å². The number of amides is 1. The van der Waals surface area contributed by atoms with Crippen LogP contribution in [0.5, 0.6) is 5.75 Å². The van der Waals surface area contributed by atoms with E-state index in [0.717, 1.165) is 0 Å². The molecule has 3 rings (SSSR count). The first-order valence-corrected chi connectivity index (χ1v) is 10.3. The average molecular weight is 446 g/mol. The number of ether oxygens (including phenoxy) is 2. The Morgan fingerprint density at radius 2 is 1.74 bits per heavy atom. The highest BCUT2D eigenvalue weighted by molar-refractivity contribution is 6.46. The number of carbonyl (C=O) groups excluding carboxylic acids is 2. The molecule has 0 bridgehead atoms. The SMILES string of the molecule is CCOc1ccc(/C(O)=C2/C(=O)C(=O)N(CCOCCO)C2c2ccc(Cl)cc2)cc1. The second-order valence-electron chi connectivity index (χ2n) is 6.84. The van der Waals surface area contributed by atoms with Gasteiger partial charge in [-0.2, -0.15) is 0 Å². The molecule has 7 nitrogen and oxygen atoms in total. The van der Waals surface area contributed by atoms with Crippen molar-refractivity contribution in [1.82, 2.24) is 4.90 Å². The summed E-state index contributed by atoms with van der Waals surface area (Å²) < 4.78 is 10.7. The van der Waals surface area contributed by atoms with Crippen molar-refractivity contribution < 1.29 is 29.3 Å². The van der Waals surface area contributed by atoms with Gasteiger partial charge in [0.25, 0.3) is 11.7 Å². The molecule has 0 aliphatic carbocycles. The van der Waals surface area contributed by atoms with Gasteiger partial charge in [0.15, 0.2) is 0 Å². The second kappa shape index (κ2) is 10.4. The lowest BCUT2D eigenvalue weighted by Gasteiger charge is -2.25. The monoisotopic (exact) mass is 445 g/mol. The molecule has 0 saturated carbocycles. The number of Topliss-reactive ketones (excluding diaryl/α,β-unsaturated/α-hetero) is 1. The van der Waals surface area contributed by atoms with Gasteiger partial charge in [-0.05, 0) is 48.9 Å². The van der Waals surface area contributed by atoms with E-state index in [1.54, 1.807) is 48.5 Å². The lowest BCUT2D eigenvalue weighted by atomic mass is 9.95. The summed E-state index contributed by atoms with van der Waals surface area (Å²) in [5.74, 6) is -1.12. The molecule has 2 aromatic rings. The number of hydrogen-bond acceptors (Lipinski definition) is 6. The topological polar surface area (TPSA) is 96.3 Å². The maximum absolute atomic E-state index is 12.9. The van der Waals surface area contributed by atoms with Gasteiger partial charge >= 0.3 is 0 Å². The molecule has 2 N–H and O–H groups in total. The van der Waals surface area contributed by atoms with Crippen molar-refractivity contribution >= 4 is 29.1 Å². The molecule has 1 unspecified atom stereocenters. The molecule has 1 aliphatic rings. The Labute approximate surface area is 185 Å². The third-order valence-electron chi connectivity index (χ3n) is 4.88. The van der Waals surface area contributed by atoms with E-state index in [0.29, 0.717) is 28.5 Å². The molecule has 1 saturated heterocycles. The molecule has 1 atom stereocenters. The van der Waals surface area contributed by atoms with Gasteiger partial charge in [-0.3, -0.25) is 9.59 Å². The van der Waals surface area contributed by atoms with Gasteiger partial charge < -0.3 is 24.6 Å². The number of ketones is 1. The van der Waals surface area contributed by atoms with Gasteiger partial charge in [-0.25, -0.2) is 0 Å². The first-order valence-electron chi connectivity index (χ1n) is 9.93. The van der Waals surface area contributed by atoms with Crippen molar-refractivity contribution in [3.63, 3.8) is 0 Å². The van der Waals surface area contributed by atoms with E-state index in [-0.39, 0.29) is 37.7 Å². The van der Waals surface area contributed by atoms with Gasteiger partial charge in [0.1, 0.15) is 11.5 Å². The lowest BCUT2D eigenvalue weighted by Crippen LogP contribution is -2.33. The standard InChI is InChI=1S/C23H24ClNO6/c1-2-31-18-9-5-16(6-10-18)21(27)19-20(15-3-7-17(24)8-4-15)25(23(29)22(19)28)11-13-30-14-12-26/h3-10,20,26-27H,2,11-14H2,1H3/b21-19-. The minimum Gasteiger partial charge on any atom is -0.507 e. The third-order valence-corrected chi connectivity index (χ3v) is 5.13. The minimum atomic E-state index is -0.790. The number of aliphatic hydroxyl groups is 2. The summed E-state index contributed by atoms with van der Waals surface area (Å²) in [6.07, 6.45) is 0. The highest BCUT2D eigenvalue weighted by Crippen LogP contribution is 2.39. The minimum absolute atomic E-state index is 0.00126. The molecule has 0 aromatic heterocycles. The van der Waals surface area contributed by atoms with Gasteiger partial charge in [-0.1, -0.05) is 23.7 Å². The van der Waals surface area contributed by atoms with E-state index >= 15 is 0 Å². The first-order chi connectivity index (χ1) is 15.0. The largest absolute Gasteiger partial charge is 0.507 e. The maximum atomic E-state index is 12.9. The van der Waals surface area contributed by atoms with Crippen LogP contribution in [0.3, 0.4) is 0 Å². The van der Waals surface area contributed by atoms with Crippen molar-refractivity contribution in [2.75, 3.05) is 33.0 Å². The van der Waals surface area contributed by atoms with Crippen molar-refractivity contribution in [1.29, 1.82) is 0 Å². The van der Waals surface area contributed by atoms with Crippen LogP contribution in [-0.4, -0.2) is 59.8 Å². The van der Waals surface area contributed by atoms with Crippen molar-refractivity contribution in [2.45, 2.75) is 13.0 Å². The number of benzene rings is 2. The van der Waals surface area contributed by atoms with Crippen LogP contribution >= 0.6 is 11.6 Å². The van der Waals surface area contributed by atoms with E-state index in [4.69, 9.17) is 26.2 Å². The average Bonchev–Trinajstić information content (AvgIpc) is 3.02. The summed E-state index contributed by atoms with van der Waals surface area (Å²) in [4.78, 5) is 27.0. The zero-order valence-corrected chi connectivity index (χ0v) is 17.8. The highest BCUT2D eigenvalue weighted by Gasteiger charge is 2.45. The smallest absolute Gasteiger partial charge is 0.295 e. The van der Waals surface area contributed by atoms with Crippen LogP contribution < -0.4 is 4.74 Å². The number of nitrogens with zero attached hydrogens (tertiary/aromatic N) is 1. The predicted molar refractivity (Wildman–Crippen MR) is 116 cm³/mol. The number of carbonyl (C=O) groups is 2. The maximum Gasteiger partial charge on any atom is 0.295 e. The molecular weight excluding hydrogens is 422 g/mol. The molecule has 2 aromatic carbocycles. The zero-order chi connectivity index (χ0) is 22.4. The van der Waals surface area contributed by atoms with Crippen LogP contribution in [0.4, 0.5) is 0 Å². The summed E-state index contributed by atoms with van der Waals surface area (Å²) in [6.45, 7) is 2.62. The molecule has 1 amide bonds. The van der Waals surface area contributed by atoms with E-state index in [2.05, 4.69) is 0 Å². The van der Waals surface area contributed by atoms with Crippen LogP contribution in [0.1, 0.15) is 24.1 Å². The van der Waals surface area contributed by atoms with Crippen molar-refractivity contribution in [3.8, 4) is 5.75 Å². The molecule has 0 radical (unpaired) electrons. The fraction of sp³-hybridized carbons (Fsp3) is 0.304. The molecule has 164 valence electrons. The predicted octanol–water partition coefficient (Wildman–Crippen LogP) is 3.17. The number of hydrogen-bond donors (Lipinski definition) is 2. The Balaban J connectivity index is 2.02. The Morgan fingerprint density at radius 3 is 2.35 bits per heavy atom. The second-order valence-corrected chi connectivity index (χ2v) is 7.27. The molecule has 8 heteroatoms. The number of likely N-dealkylation sites (tertiary alicyclic amines) is 1. The van der Waals surface area contributed by atoms with E-state index < -0.39 is 17.7 Å². The quantitative estimate of drug-likeness (QED) is 0.266. The summed E-state index contributed by atoms with van der Waals surface area (Å²) in [7, 11) is 0. The summed E-state index contributed by atoms with van der Waals surface area (Å²) in [6, 6.07) is 12.6. The molecule has 1 aliphatic heterocycles. The zero-order valence-electron chi connectivity index (χ0n) is 17.1. The summed E-state index contributed by atoms with van der Waals surface area (Å²) >= 11 is 6.00. The fourth-order valence-electron chi connectivity index (χ4n) is 3.46. The lowest BCUT2D eigenvalue weighted by molar-refractivity contribution is -0.140. The third kappa shape index (κ3) is 5.07. The molecule has 1 fully saturated rings. The van der Waals surface area contributed by atoms with Gasteiger partial charge in [0.05, 0.1) is 38.0 Å². The van der Waals surface area contributed by atoms with Crippen molar-refractivity contribution in [3.05, 3.63) is 70.3 Å². The van der Waals surface area contributed by atoms with Crippen LogP contribution in [0.15, 0.2) is 54.1 Å². The van der Waals surface area contributed by atoms with Crippen LogP contribution in [-0.2, 0) is 14.3 Å². The Bertz CT molecular complexity index is 955. The first kappa shape index (κ1) is 22.8. The Hall–Kier alpha value is -2.87. The highest BCUT2D eigenvalue weighted by atomic mass is 35.5. The Kier molecular flexibility index (Phi) is 7.68. The fourth-order valence-corrected chi connectivity index (χ4v) is 3.59. The van der Waals surface area contributed by atoms with E-state index in [9.17, 15) is 14.7 Å². The summed E-state index contributed by atoms with van der Waals surface area (Å²) in [5, 5.41) is 20.4. The Morgan fingerprint density at radius 1 is 1.06 bits per heavy atom. The molecular formula is C23H24ClNO6. The van der Waals surface area contributed by atoms with E-state index in [1.165, 1.54) is 4.90 Å². The number of rotatable bonds is 9. The van der Waals surface area contributed by atoms with E-state index in [1.807, 2.05) is 6.92 Å². The van der Waals surface area contributed by atoms with Gasteiger partial charge in [-0.15, -0.1) is 0 Å². The van der Waals surface area contributed by atoms with Crippen LogP contribution in [0.2, 0.25) is 5.02 Å². The normalized spacial score (nSPS) is 17.9. The molecule has 0 spiro atoms. The van der Waals surface area contributed by atoms with Crippen LogP contribution in [0, 0.1) is 0 Å². The van der Waals surface area contributed by atoms with Gasteiger partial charge in [0.2, 0.25) is 0 Å². The molecule has 31 heavy (non-hydrogen) atoms. The number of aliphatic hydroxyl groups excluding tert-OH is 2. The molecule has 1 heterocycles. The summed E-state index contributed by atoms with van der Waals surface area (Å²) in [5.41, 5.74) is 1.04. The number of halogens is 1. The van der Waals surface area contributed by atoms with Gasteiger partial charge in [0, 0.05) is 17.1 Å².